The van der Waals surface area contributed by atoms with Gasteiger partial charge in [0.2, 0.25) is 5.91 Å². The fraction of sp³-hybridized carbons (Fsp3) is 0.263. The Morgan fingerprint density at radius 1 is 1.19 bits per heavy atom. The van der Waals surface area contributed by atoms with Crippen molar-refractivity contribution in [1.29, 1.82) is 0 Å². The summed E-state index contributed by atoms with van der Waals surface area (Å²) in [5.41, 5.74) is -0.370. The number of hydrogen-bond acceptors (Lipinski definition) is 8. The molecule has 0 aromatic carbocycles. The molecule has 0 unspecified atom stereocenters. The van der Waals surface area contributed by atoms with E-state index in [0.29, 0.717) is 31.1 Å². The topological polar surface area (TPSA) is 153 Å². The van der Waals surface area contributed by atoms with E-state index in [1.807, 2.05) is 12.1 Å². The molecular formula is C19H20N8O4. The molecule has 0 bridgehead atoms. The van der Waals surface area contributed by atoms with E-state index in [0.717, 1.165) is 11.1 Å². The molecule has 0 aliphatic carbocycles. The van der Waals surface area contributed by atoms with Crippen LogP contribution in [0.1, 0.15) is 12.2 Å². The third-order valence-electron chi connectivity index (χ3n) is 4.57. The molecule has 4 aromatic heterocycles. The van der Waals surface area contributed by atoms with Gasteiger partial charge in [0.1, 0.15) is 17.9 Å². The van der Waals surface area contributed by atoms with Crippen LogP contribution in [0.5, 0.6) is 0 Å². The van der Waals surface area contributed by atoms with Gasteiger partial charge in [0.25, 0.3) is 5.56 Å². The highest BCUT2D eigenvalue weighted by molar-refractivity contribution is 5.86. The van der Waals surface area contributed by atoms with Gasteiger partial charge in [-0.05, 0) is 12.1 Å². The van der Waals surface area contributed by atoms with E-state index in [-0.39, 0.29) is 18.9 Å². The lowest BCUT2D eigenvalue weighted by Crippen LogP contribution is -2.32. The van der Waals surface area contributed by atoms with Gasteiger partial charge in [-0.1, -0.05) is 0 Å². The predicted molar refractivity (Wildman–Crippen MR) is 110 cm³/mol. The maximum Gasteiger partial charge on any atom is 0.328 e. The quantitative estimate of drug-likeness (QED) is 0.342. The molecule has 0 fully saturated rings. The average Bonchev–Trinajstić information content (AvgIpc) is 3.42. The summed E-state index contributed by atoms with van der Waals surface area (Å²) in [6.07, 6.45) is 6.20. The summed E-state index contributed by atoms with van der Waals surface area (Å²) in [7, 11) is 0. The Kier molecular flexibility index (Phi) is 5.87. The number of nitrogens with one attached hydrogen (secondary N) is 3. The summed E-state index contributed by atoms with van der Waals surface area (Å²) in [4.78, 5) is 45.4. The Morgan fingerprint density at radius 2 is 2.10 bits per heavy atom. The summed E-state index contributed by atoms with van der Waals surface area (Å²) in [6, 6.07) is 4.92. The molecule has 0 spiro atoms. The zero-order valence-corrected chi connectivity index (χ0v) is 16.4. The van der Waals surface area contributed by atoms with Crippen LogP contribution in [0.4, 0.5) is 5.82 Å². The molecule has 31 heavy (non-hydrogen) atoms. The van der Waals surface area contributed by atoms with Crippen LogP contribution in [0.2, 0.25) is 0 Å². The zero-order chi connectivity index (χ0) is 21.6. The fourth-order valence-corrected chi connectivity index (χ4v) is 3.01. The lowest BCUT2D eigenvalue weighted by atomic mass is 10.3. The van der Waals surface area contributed by atoms with Crippen LogP contribution in [0.15, 0.2) is 57.2 Å². The molecule has 12 nitrogen and oxygen atoms in total. The lowest BCUT2D eigenvalue weighted by molar-refractivity contribution is -0.121. The average molecular weight is 424 g/mol. The monoisotopic (exact) mass is 424 g/mol. The Labute approximate surface area is 174 Å². The van der Waals surface area contributed by atoms with Crippen LogP contribution in [0.25, 0.3) is 11.0 Å². The number of hydrogen-bond donors (Lipinski definition) is 3. The number of amides is 1. The van der Waals surface area contributed by atoms with Crippen molar-refractivity contribution < 1.29 is 9.21 Å². The fourth-order valence-electron chi connectivity index (χ4n) is 3.01. The van der Waals surface area contributed by atoms with Crippen LogP contribution < -0.4 is 21.9 Å². The number of aromatic nitrogens is 6. The van der Waals surface area contributed by atoms with Crippen LogP contribution in [-0.4, -0.2) is 41.8 Å². The first-order valence-electron chi connectivity index (χ1n) is 9.59. The van der Waals surface area contributed by atoms with Crippen molar-refractivity contribution in [2.75, 3.05) is 11.9 Å². The second-order valence-electron chi connectivity index (χ2n) is 6.66. The van der Waals surface area contributed by atoms with Gasteiger partial charge in [-0.15, -0.1) is 0 Å². The van der Waals surface area contributed by atoms with Crippen molar-refractivity contribution in [3.8, 4) is 0 Å². The maximum absolute atomic E-state index is 12.1. The molecule has 3 N–H and O–H groups in total. The van der Waals surface area contributed by atoms with Crippen molar-refractivity contribution in [2.45, 2.75) is 26.1 Å². The number of carbonyl (C=O) groups is 1. The van der Waals surface area contributed by atoms with Gasteiger partial charge in [0.05, 0.1) is 30.9 Å². The molecule has 1 amide bonds. The molecular weight excluding hydrogens is 404 g/mol. The summed E-state index contributed by atoms with van der Waals surface area (Å²) in [5.74, 6) is 1.21. The van der Waals surface area contributed by atoms with Gasteiger partial charge in [-0.3, -0.25) is 14.6 Å². The predicted octanol–water partition coefficient (Wildman–Crippen LogP) is 0.0879. The highest BCUT2D eigenvalue weighted by Crippen LogP contribution is 2.19. The summed E-state index contributed by atoms with van der Waals surface area (Å²) < 4.78 is 8.26. The van der Waals surface area contributed by atoms with Crippen LogP contribution in [0, 0.1) is 0 Å². The molecule has 0 aliphatic heterocycles. The molecule has 12 heteroatoms. The van der Waals surface area contributed by atoms with E-state index >= 15 is 0 Å². The van der Waals surface area contributed by atoms with E-state index in [9.17, 15) is 14.4 Å². The third kappa shape index (κ3) is 4.86. The van der Waals surface area contributed by atoms with Gasteiger partial charge in [0.15, 0.2) is 5.65 Å². The summed E-state index contributed by atoms with van der Waals surface area (Å²) in [5, 5.41) is 11.1. The zero-order valence-electron chi connectivity index (χ0n) is 16.4. The summed E-state index contributed by atoms with van der Waals surface area (Å²) in [6.45, 7) is 1.42. The Bertz CT molecular complexity index is 1290. The second-order valence-corrected chi connectivity index (χ2v) is 6.66. The largest absolute Gasteiger partial charge is 0.467 e. The van der Waals surface area contributed by atoms with Gasteiger partial charge in [-0.25, -0.2) is 19.4 Å². The van der Waals surface area contributed by atoms with E-state index < -0.39 is 11.2 Å². The lowest BCUT2D eigenvalue weighted by Gasteiger charge is -2.08. The number of rotatable bonds is 9. The van der Waals surface area contributed by atoms with Gasteiger partial charge in [-0.2, -0.15) is 5.10 Å². The first-order chi connectivity index (χ1) is 15.1. The smallest absolute Gasteiger partial charge is 0.328 e. The molecule has 0 radical (unpaired) electrons. The minimum atomic E-state index is -0.542. The molecule has 0 aliphatic rings. The van der Waals surface area contributed by atoms with Crippen molar-refractivity contribution in [3.63, 3.8) is 0 Å². The van der Waals surface area contributed by atoms with E-state index in [2.05, 4.69) is 30.7 Å². The number of aryl methyl sites for hydroxylation is 1. The second kappa shape index (κ2) is 9.07. The Morgan fingerprint density at radius 3 is 2.90 bits per heavy atom. The SMILES string of the molecule is O=C(CCn1ccc(=O)[nH]c1=O)NCCn1ncc2c(NCc3ccco3)ncnc21. The number of nitrogens with zero attached hydrogens (tertiary/aromatic N) is 5. The van der Waals surface area contributed by atoms with Crippen LogP contribution in [0.3, 0.4) is 0 Å². The van der Waals surface area contributed by atoms with Crippen molar-refractivity contribution >= 4 is 22.8 Å². The minimum Gasteiger partial charge on any atom is -0.467 e. The highest BCUT2D eigenvalue weighted by Gasteiger charge is 2.10. The first-order valence-corrected chi connectivity index (χ1v) is 9.59. The number of H-pyrrole nitrogens is 1. The molecule has 0 atom stereocenters. The Balaban J connectivity index is 1.30. The van der Waals surface area contributed by atoms with Crippen molar-refractivity contribution in [1.82, 2.24) is 34.6 Å². The molecule has 160 valence electrons. The normalized spacial score (nSPS) is 11.0. The van der Waals surface area contributed by atoms with Gasteiger partial charge in [0, 0.05) is 31.8 Å². The van der Waals surface area contributed by atoms with Crippen LogP contribution >= 0.6 is 0 Å². The third-order valence-corrected chi connectivity index (χ3v) is 4.57. The van der Waals surface area contributed by atoms with Crippen molar-refractivity contribution in [3.05, 3.63) is 69.8 Å². The number of furan rings is 1. The maximum atomic E-state index is 12.1. The molecule has 4 heterocycles. The van der Waals surface area contributed by atoms with E-state index in [1.54, 1.807) is 17.1 Å². The van der Waals surface area contributed by atoms with Crippen LogP contribution in [-0.2, 0) is 24.4 Å². The molecule has 0 saturated carbocycles. The molecule has 4 aromatic rings. The number of fused-ring (bicyclic) bond motifs is 1. The highest BCUT2D eigenvalue weighted by atomic mass is 16.3. The Hall–Kier alpha value is -4.22. The van der Waals surface area contributed by atoms with Gasteiger partial charge < -0.3 is 19.6 Å². The minimum absolute atomic E-state index is 0.106. The van der Waals surface area contributed by atoms with E-state index in [4.69, 9.17) is 4.42 Å². The van der Waals surface area contributed by atoms with E-state index in [1.165, 1.54) is 23.2 Å². The first kappa shape index (κ1) is 20.1. The molecule has 4 rings (SSSR count). The van der Waals surface area contributed by atoms with Crippen molar-refractivity contribution in [2.24, 2.45) is 0 Å². The number of aromatic amines is 1. The number of carbonyl (C=O) groups excluding carboxylic acids is 1. The molecule has 0 saturated heterocycles. The van der Waals surface area contributed by atoms with Gasteiger partial charge >= 0.3 is 5.69 Å². The summed E-state index contributed by atoms with van der Waals surface area (Å²) >= 11 is 0. The standard InChI is InChI=1S/C19H20N8O4/c28-15(3-6-26-7-4-16(29)25-19(26)30)20-5-8-27-18-14(11-24-27)17(22-12-23-18)21-10-13-2-1-9-31-13/h1-2,4,7,9,11-12H,3,5-6,8,10H2,(H,20,28)(H,21,22,23)(H,25,29,30). The number of anilines is 1.